The summed E-state index contributed by atoms with van der Waals surface area (Å²) in [6, 6.07) is 16.8. The molecule has 0 saturated heterocycles. The molecule has 0 spiro atoms. The van der Waals surface area contributed by atoms with Crippen molar-refractivity contribution >= 4 is 33.2 Å². The van der Waals surface area contributed by atoms with E-state index < -0.39 is 22.5 Å². The zero-order valence-corrected chi connectivity index (χ0v) is 21.5. The highest BCUT2D eigenvalue weighted by Gasteiger charge is 2.30. The van der Waals surface area contributed by atoms with Gasteiger partial charge in [0.25, 0.3) is 10.0 Å². The molecule has 1 atom stereocenters. The maximum Gasteiger partial charge on any atom is 0.264 e. The number of methoxy groups -OCH3 is 1. The van der Waals surface area contributed by atoms with E-state index in [9.17, 15) is 13.2 Å². The molecule has 0 aromatic heterocycles. The molecule has 0 radical (unpaired) electrons. The minimum absolute atomic E-state index is 0.0653. The monoisotopic (exact) mass is 500 g/mol. The van der Waals surface area contributed by atoms with Crippen molar-refractivity contribution < 1.29 is 17.9 Å². The van der Waals surface area contributed by atoms with Crippen LogP contribution in [0.5, 0.6) is 5.75 Å². The van der Waals surface area contributed by atoms with Crippen LogP contribution in [0.15, 0.2) is 65.6 Å². The Hall–Kier alpha value is -3.03. The summed E-state index contributed by atoms with van der Waals surface area (Å²) in [7, 11) is -2.66. The van der Waals surface area contributed by atoms with Gasteiger partial charge in [-0.05, 0) is 69.2 Å². The van der Waals surface area contributed by atoms with Gasteiger partial charge in [0.2, 0.25) is 5.91 Å². The van der Waals surface area contributed by atoms with Crippen LogP contribution in [0.1, 0.15) is 35.2 Å². The van der Waals surface area contributed by atoms with Crippen LogP contribution < -0.4 is 14.4 Å². The van der Waals surface area contributed by atoms with Crippen molar-refractivity contribution in [3.8, 4) is 5.75 Å². The highest BCUT2D eigenvalue weighted by Crippen LogP contribution is 2.35. The predicted molar refractivity (Wildman–Crippen MR) is 136 cm³/mol. The first-order valence-corrected chi connectivity index (χ1v) is 12.6. The third kappa shape index (κ3) is 5.72. The van der Waals surface area contributed by atoms with Gasteiger partial charge in [0.15, 0.2) is 0 Å². The summed E-state index contributed by atoms with van der Waals surface area (Å²) in [5, 5.41) is 3.25. The van der Waals surface area contributed by atoms with Crippen LogP contribution >= 0.6 is 11.6 Å². The van der Waals surface area contributed by atoms with Crippen LogP contribution in [0.25, 0.3) is 0 Å². The topological polar surface area (TPSA) is 75.7 Å². The van der Waals surface area contributed by atoms with Gasteiger partial charge in [-0.15, -0.1) is 0 Å². The summed E-state index contributed by atoms with van der Waals surface area (Å²) in [5.74, 6) is -0.165. The molecule has 0 aliphatic heterocycles. The molecule has 6 nitrogen and oxygen atoms in total. The summed E-state index contributed by atoms with van der Waals surface area (Å²) in [5.41, 5.74) is 4.20. The van der Waals surface area contributed by atoms with Crippen LogP contribution in [-0.2, 0) is 14.8 Å². The number of benzene rings is 3. The van der Waals surface area contributed by atoms with E-state index in [1.54, 1.807) is 24.3 Å². The lowest BCUT2D eigenvalue weighted by atomic mass is 10.00. The molecule has 3 rings (SSSR count). The van der Waals surface area contributed by atoms with Gasteiger partial charge in [0.1, 0.15) is 12.3 Å². The van der Waals surface area contributed by atoms with E-state index in [0.717, 1.165) is 26.6 Å². The molecule has 0 aliphatic rings. The molecule has 180 valence electrons. The van der Waals surface area contributed by atoms with E-state index in [2.05, 4.69) is 5.32 Å². The van der Waals surface area contributed by atoms with Crippen molar-refractivity contribution in [3.63, 3.8) is 0 Å². The normalized spacial score (nSPS) is 12.2. The third-order valence-electron chi connectivity index (χ3n) is 5.58. The Bertz CT molecular complexity index is 1290. The minimum atomic E-state index is -4.10. The number of nitrogens with one attached hydrogen (secondary N) is 1. The van der Waals surface area contributed by atoms with Gasteiger partial charge >= 0.3 is 0 Å². The molecule has 34 heavy (non-hydrogen) atoms. The van der Waals surface area contributed by atoms with Gasteiger partial charge in [-0.3, -0.25) is 9.10 Å². The van der Waals surface area contributed by atoms with Crippen LogP contribution in [0.2, 0.25) is 5.02 Å². The van der Waals surface area contributed by atoms with E-state index in [-0.39, 0.29) is 22.4 Å². The van der Waals surface area contributed by atoms with Crippen LogP contribution in [-0.4, -0.2) is 28.0 Å². The van der Waals surface area contributed by atoms with E-state index in [1.165, 1.54) is 25.3 Å². The molecular formula is C26H29ClN2O4S. The number of hydrogen-bond acceptors (Lipinski definition) is 4. The number of hydrogen-bond donors (Lipinski definition) is 1. The van der Waals surface area contributed by atoms with E-state index in [1.807, 2.05) is 45.9 Å². The van der Waals surface area contributed by atoms with Gasteiger partial charge in [-0.2, -0.15) is 0 Å². The zero-order valence-electron chi connectivity index (χ0n) is 19.9. The minimum Gasteiger partial charge on any atom is -0.495 e. The molecular weight excluding hydrogens is 472 g/mol. The largest absolute Gasteiger partial charge is 0.495 e. The Labute approximate surface area is 206 Å². The molecule has 1 amide bonds. The summed E-state index contributed by atoms with van der Waals surface area (Å²) in [4.78, 5) is 13.2. The predicted octanol–water partition coefficient (Wildman–Crippen LogP) is 5.35. The quantitative estimate of drug-likeness (QED) is 0.452. The second-order valence-electron chi connectivity index (χ2n) is 8.29. The summed E-state index contributed by atoms with van der Waals surface area (Å²) >= 11 is 6.19. The average Bonchev–Trinajstić information content (AvgIpc) is 2.79. The number of halogens is 1. The first kappa shape index (κ1) is 25.6. The Morgan fingerprint density at radius 2 is 1.65 bits per heavy atom. The van der Waals surface area contributed by atoms with Crippen molar-refractivity contribution in [2.45, 2.75) is 38.6 Å². The van der Waals surface area contributed by atoms with Crippen molar-refractivity contribution in [1.29, 1.82) is 0 Å². The summed E-state index contributed by atoms with van der Waals surface area (Å²) < 4.78 is 33.8. The lowest BCUT2D eigenvalue weighted by Crippen LogP contribution is -2.41. The number of sulfonamides is 1. The van der Waals surface area contributed by atoms with Crippen molar-refractivity contribution in [2.75, 3.05) is 18.0 Å². The van der Waals surface area contributed by atoms with Crippen LogP contribution in [0.3, 0.4) is 0 Å². The Balaban J connectivity index is 1.99. The first-order valence-electron chi connectivity index (χ1n) is 10.8. The van der Waals surface area contributed by atoms with Gasteiger partial charge in [0.05, 0.1) is 23.7 Å². The number of anilines is 1. The molecule has 0 bridgehead atoms. The second-order valence-corrected chi connectivity index (χ2v) is 10.6. The Morgan fingerprint density at radius 1 is 1.00 bits per heavy atom. The van der Waals surface area contributed by atoms with Crippen molar-refractivity contribution in [1.82, 2.24) is 5.32 Å². The number of amides is 1. The van der Waals surface area contributed by atoms with Gasteiger partial charge in [-0.25, -0.2) is 8.42 Å². The Morgan fingerprint density at radius 3 is 2.29 bits per heavy atom. The smallest absolute Gasteiger partial charge is 0.264 e. The average molecular weight is 501 g/mol. The van der Waals surface area contributed by atoms with E-state index in [0.29, 0.717) is 5.02 Å². The maximum atomic E-state index is 13.7. The van der Waals surface area contributed by atoms with Gasteiger partial charge in [-0.1, -0.05) is 53.1 Å². The van der Waals surface area contributed by atoms with Gasteiger partial charge in [0, 0.05) is 5.02 Å². The third-order valence-corrected chi connectivity index (χ3v) is 7.59. The fourth-order valence-electron chi connectivity index (χ4n) is 3.72. The van der Waals surface area contributed by atoms with E-state index in [4.69, 9.17) is 16.3 Å². The fourth-order valence-corrected chi connectivity index (χ4v) is 5.31. The highest BCUT2D eigenvalue weighted by atomic mass is 35.5. The Kier molecular flexibility index (Phi) is 7.89. The molecule has 0 aliphatic carbocycles. The number of nitrogens with zero attached hydrogens (tertiary/aromatic N) is 1. The van der Waals surface area contributed by atoms with Gasteiger partial charge < -0.3 is 10.1 Å². The highest BCUT2D eigenvalue weighted by molar-refractivity contribution is 7.92. The van der Waals surface area contributed by atoms with Crippen molar-refractivity contribution in [2.24, 2.45) is 0 Å². The van der Waals surface area contributed by atoms with Crippen molar-refractivity contribution in [3.05, 3.63) is 87.9 Å². The summed E-state index contributed by atoms with van der Waals surface area (Å²) in [6.45, 7) is 7.26. The molecule has 3 aromatic carbocycles. The standard InChI is InChI=1S/C26H29ClN2O4S/c1-17-7-11-22(12-8-17)34(31,32)29(24-15-21(27)10-13-25(24)33-5)16-26(30)28-20(4)23-14-18(2)6-9-19(23)3/h6-15,20H,16H2,1-5H3,(H,28,30). The number of rotatable bonds is 8. The SMILES string of the molecule is COc1ccc(Cl)cc1N(CC(=O)NC(C)c1cc(C)ccc1C)S(=O)(=O)c1ccc(C)cc1. The first-order chi connectivity index (χ1) is 16.0. The molecule has 3 aromatic rings. The number of ether oxygens (including phenoxy) is 1. The van der Waals surface area contributed by atoms with Crippen LogP contribution in [0, 0.1) is 20.8 Å². The van der Waals surface area contributed by atoms with E-state index >= 15 is 0 Å². The summed E-state index contributed by atoms with van der Waals surface area (Å²) in [6.07, 6.45) is 0. The lowest BCUT2D eigenvalue weighted by molar-refractivity contribution is -0.120. The number of aryl methyl sites for hydroxylation is 3. The number of carbonyl (C=O) groups is 1. The molecule has 0 saturated carbocycles. The molecule has 1 unspecified atom stereocenters. The molecule has 0 heterocycles. The fraction of sp³-hybridized carbons (Fsp3) is 0.269. The number of carbonyl (C=O) groups excluding carboxylic acids is 1. The van der Waals surface area contributed by atoms with Crippen LogP contribution in [0.4, 0.5) is 5.69 Å². The molecule has 1 N–H and O–H groups in total. The zero-order chi connectivity index (χ0) is 25.0. The second kappa shape index (κ2) is 10.5. The molecule has 0 fully saturated rings. The molecule has 8 heteroatoms. The maximum absolute atomic E-state index is 13.7. The lowest BCUT2D eigenvalue weighted by Gasteiger charge is -2.27.